The van der Waals surface area contributed by atoms with E-state index in [1.165, 1.54) is 6.42 Å². The first-order valence-corrected chi connectivity index (χ1v) is 6.88. The van der Waals surface area contributed by atoms with Crippen molar-refractivity contribution in [3.05, 3.63) is 35.4 Å². The third-order valence-corrected chi connectivity index (χ3v) is 3.14. The van der Waals surface area contributed by atoms with Crippen LogP contribution in [0.25, 0.3) is 0 Å². The van der Waals surface area contributed by atoms with E-state index in [1.54, 1.807) is 0 Å². The number of hydrogen-bond donors (Lipinski definition) is 1. The lowest BCUT2D eigenvalue weighted by Crippen LogP contribution is -2.23. The summed E-state index contributed by atoms with van der Waals surface area (Å²) in [5, 5.41) is 8.94. The van der Waals surface area contributed by atoms with E-state index in [9.17, 15) is 0 Å². The van der Waals surface area contributed by atoms with Crippen molar-refractivity contribution in [3.63, 3.8) is 0 Å². The van der Waals surface area contributed by atoms with Crippen LogP contribution < -0.4 is 0 Å². The zero-order chi connectivity index (χ0) is 13.3. The molecular formula is C15H22O4. The van der Waals surface area contributed by atoms with Crippen LogP contribution in [0.15, 0.2) is 24.3 Å². The Bertz CT molecular complexity index is 344. The molecule has 1 atom stereocenters. The lowest BCUT2D eigenvalue weighted by molar-refractivity contribution is -0.169. The Morgan fingerprint density at radius 2 is 1.89 bits per heavy atom. The lowest BCUT2D eigenvalue weighted by Gasteiger charge is -2.22. The van der Waals surface area contributed by atoms with Crippen molar-refractivity contribution in [2.24, 2.45) is 0 Å². The SMILES string of the molecule is OCc1ccc(COCCOC2CCCCO2)cc1. The Balaban J connectivity index is 1.55. The highest BCUT2D eigenvalue weighted by Crippen LogP contribution is 2.13. The van der Waals surface area contributed by atoms with Gasteiger partial charge in [0.25, 0.3) is 0 Å². The number of aliphatic hydroxyl groups is 1. The number of aliphatic hydroxyl groups excluding tert-OH is 1. The Morgan fingerprint density at radius 1 is 1.11 bits per heavy atom. The molecule has 0 spiro atoms. The lowest BCUT2D eigenvalue weighted by atomic mass is 10.1. The molecule has 0 amide bonds. The van der Waals surface area contributed by atoms with Crippen LogP contribution in [-0.4, -0.2) is 31.2 Å². The van der Waals surface area contributed by atoms with E-state index < -0.39 is 0 Å². The molecule has 2 rings (SSSR count). The molecule has 0 saturated carbocycles. The first-order valence-electron chi connectivity index (χ1n) is 6.88. The van der Waals surface area contributed by atoms with Crippen molar-refractivity contribution >= 4 is 0 Å². The highest BCUT2D eigenvalue weighted by molar-refractivity contribution is 5.21. The fourth-order valence-corrected chi connectivity index (χ4v) is 2.01. The monoisotopic (exact) mass is 266 g/mol. The van der Waals surface area contributed by atoms with Gasteiger partial charge in [0.05, 0.1) is 26.4 Å². The molecule has 1 aliphatic rings. The summed E-state index contributed by atoms with van der Waals surface area (Å²) in [6.45, 7) is 2.60. The van der Waals surface area contributed by atoms with Crippen LogP contribution in [0.4, 0.5) is 0 Å². The van der Waals surface area contributed by atoms with Crippen LogP contribution in [0.2, 0.25) is 0 Å². The molecule has 1 heterocycles. The minimum absolute atomic E-state index is 0.0406. The molecule has 19 heavy (non-hydrogen) atoms. The fourth-order valence-electron chi connectivity index (χ4n) is 2.01. The van der Waals surface area contributed by atoms with Gasteiger partial charge in [-0.2, -0.15) is 0 Å². The van der Waals surface area contributed by atoms with Gasteiger partial charge in [-0.05, 0) is 30.4 Å². The summed E-state index contributed by atoms with van der Waals surface area (Å²) < 4.78 is 16.6. The minimum atomic E-state index is -0.0406. The Hall–Kier alpha value is -0.940. The van der Waals surface area contributed by atoms with E-state index in [2.05, 4.69) is 0 Å². The predicted octanol–water partition coefficient (Wildman–Crippen LogP) is 2.24. The molecule has 106 valence electrons. The standard InChI is InChI=1S/C15H22O4/c16-11-13-4-6-14(7-5-13)12-17-9-10-19-15-3-1-2-8-18-15/h4-7,15-16H,1-3,8-12H2. The zero-order valence-electron chi connectivity index (χ0n) is 11.2. The first-order chi connectivity index (χ1) is 9.38. The Kier molecular flexibility index (Phi) is 6.30. The van der Waals surface area contributed by atoms with Crippen LogP contribution in [0, 0.1) is 0 Å². The Labute approximate surface area is 114 Å². The second kappa shape index (κ2) is 8.27. The van der Waals surface area contributed by atoms with Crippen LogP contribution in [0.1, 0.15) is 30.4 Å². The highest BCUT2D eigenvalue weighted by Gasteiger charge is 2.13. The van der Waals surface area contributed by atoms with Gasteiger partial charge in [0, 0.05) is 6.61 Å². The van der Waals surface area contributed by atoms with E-state index in [1.807, 2.05) is 24.3 Å². The maximum atomic E-state index is 8.94. The number of ether oxygens (including phenoxy) is 3. The number of rotatable bonds is 7. The molecule has 1 aromatic rings. The second-order valence-electron chi connectivity index (χ2n) is 4.69. The van der Waals surface area contributed by atoms with Gasteiger partial charge >= 0.3 is 0 Å². The maximum absolute atomic E-state index is 8.94. The summed E-state index contributed by atoms with van der Waals surface area (Å²) in [5.41, 5.74) is 2.02. The maximum Gasteiger partial charge on any atom is 0.157 e. The second-order valence-corrected chi connectivity index (χ2v) is 4.69. The molecule has 4 nitrogen and oxygen atoms in total. The van der Waals surface area contributed by atoms with Crippen molar-refractivity contribution < 1.29 is 19.3 Å². The quantitative estimate of drug-likeness (QED) is 0.769. The van der Waals surface area contributed by atoms with Gasteiger partial charge in [-0.15, -0.1) is 0 Å². The van der Waals surface area contributed by atoms with E-state index in [0.29, 0.717) is 19.8 Å². The fraction of sp³-hybridized carbons (Fsp3) is 0.600. The molecule has 0 radical (unpaired) electrons. The molecule has 0 aliphatic carbocycles. The van der Waals surface area contributed by atoms with Crippen molar-refractivity contribution in [2.45, 2.75) is 38.8 Å². The molecule has 1 unspecified atom stereocenters. The summed E-state index contributed by atoms with van der Waals surface area (Å²) >= 11 is 0. The van der Waals surface area contributed by atoms with E-state index in [0.717, 1.165) is 30.6 Å². The minimum Gasteiger partial charge on any atom is -0.392 e. The molecule has 1 fully saturated rings. The van der Waals surface area contributed by atoms with Gasteiger partial charge in [-0.25, -0.2) is 0 Å². The normalized spacial score (nSPS) is 19.5. The van der Waals surface area contributed by atoms with Gasteiger partial charge in [0.2, 0.25) is 0 Å². The summed E-state index contributed by atoms with van der Waals surface area (Å²) in [5.74, 6) is 0. The van der Waals surface area contributed by atoms with Gasteiger partial charge < -0.3 is 19.3 Å². The molecule has 1 N–H and O–H groups in total. The molecule has 1 aromatic carbocycles. The predicted molar refractivity (Wildman–Crippen MR) is 71.6 cm³/mol. The van der Waals surface area contributed by atoms with Crippen molar-refractivity contribution in [1.82, 2.24) is 0 Å². The molecule has 4 heteroatoms. The summed E-state index contributed by atoms with van der Waals surface area (Å²) in [6.07, 6.45) is 3.27. The van der Waals surface area contributed by atoms with E-state index in [4.69, 9.17) is 19.3 Å². The number of hydrogen-bond acceptors (Lipinski definition) is 4. The van der Waals surface area contributed by atoms with Gasteiger partial charge in [-0.1, -0.05) is 24.3 Å². The van der Waals surface area contributed by atoms with Crippen molar-refractivity contribution in [3.8, 4) is 0 Å². The summed E-state index contributed by atoms with van der Waals surface area (Å²) in [4.78, 5) is 0. The average molecular weight is 266 g/mol. The van der Waals surface area contributed by atoms with Crippen LogP contribution >= 0.6 is 0 Å². The van der Waals surface area contributed by atoms with Crippen molar-refractivity contribution in [1.29, 1.82) is 0 Å². The smallest absolute Gasteiger partial charge is 0.157 e. The number of benzene rings is 1. The average Bonchev–Trinajstić information content (AvgIpc) is 2.49. The van der Waals surface area contributed by atoms with Gasteiger partial charge in [0.1, 0.15) is 0 Å². The molecular weight excluding hydrogens is 244 g/mol. The summed E-state index contributed by atoms with van der Waals surface area (Å²) in [6, 6.07) is 7.75. The van der Waals surface area contributed by atoms with Crippen LogP contribution in [-0.2, 0) is 27.4 Å². The Morgan fingerprint density at radius 3 is 2.58 bits per heavy atom. The van der Waals surface area contributed by atoms with Crippen LogP contribution in [0.3, 0.4) is 0 Å². The van der Waals surface area contributed by atoms with Gasteiger partial charge in [-0.3, -0.25) is 0 Å². The van der Waals surface area contributed by atoms with E-state index in [-0.39, 0.29) is 12.9 Å². The largest absolute Gasteiger partial charge is 0.392 e. The first kappa shape index (κ1) is 14.5. The highest BCUT2D eigenvalue weighted by atomic mass is 16.7. The van der Waals surface area contributed by atoms with Crippen LogP contribution in [0.5, 0.6) is 0 Å². The topological polar surface area (TPSA) is 47.9 Å². The molecule has 0 bridgehead atoms. The third kappa shape index (κ3) is 5.28. The molecule has 1 saturated heterocycles. The van der Waals surface area contributed by atoms with Gasteiger partial charge in [0.15, 0.2) is 6.29 Å². The zero-order valence-corrected chi connectivity index (χ0v) is 11.2. The van der Waals surface area contributed by atoms with E-state index >= 15 is 0 Å². The summed E-state index contributed by atoms with van der Waals surface area (Å²) in [7, 11) is 0. The van der Waals surface area contributed by atoms with Crippen molar-refractivity contribution in [2.75, 3.05) is 19.8 Å². The molecule has 0 aromatic heterocycles. The molecule has 1 aliphatic heterocycles. The third-order valence-electron chi connectivity index (χ3n) is 3.14.